The Balaban J connectivity index is 0.000000412. The first-order valence-electron chi connectivity index (χ1n) is 15.8. The number of alkyl halides is 4. The van der Waals surface area contributed by atoms with Gasteiger partial charge in [0.2, 0.25) is 5.88 Å². The standard InChI is InChI=1S/C25H22ClF5N8O2.C7H12FN/c1-8-7-41-23-14-19(17(28)18(36-23)13-15(25(29,30)31)9(2)35-21(33)16(13)27)37-24(40-4)38-22(14)39(8)10(3)12-5-11(26)6-34-20(12)32;8-6-4-7-2-1-3-9(7)5-6/h5-6,8,10H,7H2,1-4H3,(H2,32,34)(H2,33,35);6-7H,1-5H2/t8-,10?;/m0./s1. The first kappa shape index (κ1) is 35.4. The molecule has 4 atom stereocenters. The zero-order chi connectivity index (χ0) is 36.2. The molecule has 3 aliphatic heterocycles. The highest BCUT2D eigenvalue weighted by Gasteiger charge is 2.42. The lowest BCUT2D eigenvalue weighted by atomic mass is 10.00. The fraction of sp³-hybridized carbons (Fsp3) is 0.469. The van der Waals surface area contributed by atoms with Crippen LogP contribution >= 0.6 is 11.6 Å². The molecule has 0 bridgehead atoms. The third-order valence-corrected chi connectivity index (χ3v) is 9.39. The summed E-state index contributed by atoms with van der Waals surface area (Å²) in [6.45, 7) is 6.29. The molecule has 4 aromatic rings. The van der Waals surface area contributed by atoms with Gasteiger partial charge in [0.25, 0.3) is 0 Å². The number of aryl methyl sites for hydroxylation is 1. The minimum Gasteiger partial charge on any atom is -0.475 e. The number of hydrogen-bond donors (Lipinski definition) is 2. The van der Waals surface area contributed by atoms with Gasteiger partial charge in [-0.2, -0.15) is 23.1 Å². The number of aromatic nitrogens is 5. The molecule has 0 aromatic carbocycles. The van der Waals surface area contributed by atoms with Crippen molar-refractivity contribution in [3.05, 3.63) is 45.7 Å². The molecule has 268 valence electrons. The molecule has 11 nitrogen and oxygen atoms in total. The SMILES string of the molecule is COc1nc2c3c(nc(-c4c(F)c(N)nc(C)c4C(F)(F)F)c(F)c3n1)OC[C@H](C)N2C(C)c1cc(Cl)cnc1N.FC1CC2CCCN2C1. The molecule has 0 amide bonds. The summed E-state index contributed by atoms with van der Waals surface area (Å²) in [6.07, 6.45) is -0.932. The summed E-state index contributed by atoms with van der Waals surface area (Å²) < 4.78 is 97.5. The number of fused-ring (bicyclic) bond motifs is 1. The van der Waals surface area contributed by atoms with E-state index in [0.717, 1.165) is 19.9 Å². The molecular weight excluding hydrogens is 692 g/mol. The zero-order valence-electron chi connectivity index (χ0n) is 27.5. The normalized spacial score (nSPS) is 20.9. The van der Waals surface area contributed by atoms with Crippen LogP contribution in [0.25, 0.3) is 22.2 Å². The van der Waals surface area contributed by atoms with Crippen LogP contribution < -0.4 is 25.8 Å². The zero-order valence-corrected chi connectivity index (χ0v) is 28.2. The summed E-state index contributed by atoms with van der Waals surface area (Å²) in [5.41, 5.74) is 7.23. The third kappa shape index (κ3) is 6.36. The summed E-state index contributed by atoms with van der Waals surface area (Å²) in [5.74, 6) is -3.90. The highest BCUT2D eigenvalue weighted by atomic mass is 35.5. The molecule has 50 heavy (non-hydrogen) atoms. The second kappa shape index (κ2) is 13.4. The van der Waals surface area contributed by atoms with Crippen LogP contribution in [-0.2, 0) is 6.18 Å². The number of anilines is 3. The molecule has 4 N–H and O–H groups in total. The average molecular weight is 726 g/mol. The molecule has 7 rings (SSSR count). The molecule has 3 unspecified atom stereocenters. The topological polar surface area (TPSA) is 141 Å². The monoisotopic (exact) mass is 725 g/mol. The number of ether oxygens (including phenoxy) is 2. The van der Waals surface area contributed by atoms with Crippen LogP contribution in [0.1, 0.15) is 56.0 Å². The second-order valence-electron chi connectivity index (χ2n) is 12.5. The third-order valence-electron chi connectivity index (χ3n) is 9.18. The molecule has 0 saturated carbocycles. The van der Waals surface area contributed by atoms with Gasteiger partial charge in [0.05, 0.1) is 41.0 Å². The predicted octanol–water partition coefficient (Wildman–Crippen LogP) is 6.45. The van der Waals surface area contributed by atoms with Crippen molar-refractivity contribution in [1.82, 2.24) is 29.8 Å². The summed E-state index contributed by atoms with van der Waals surface area (Å²) in [6, 6.07) is 0.838. The molecule has 2 fully saturated rings. The average Bonchev–Trinajstić information content (AvgIpc) is 3.60. The molecular formula is C32H34ClF6N9O2. The number of methoxy groups -OCH3 is 1. The lowest BCUT2D eigenvalue weighted by Gasteiger charge is -2.35. The first-order valence-corrected chi connectivity index (χ1v) is 16.2. The number of pyridine rings is 3. The molecule has 0 spiro atoms. The maximum Gasteiger partial charge on any atom is 0.418 e. The second-order valence-corrected chi connectivity index (χ2v) is 12.9. The van der Waals surface area contributed by atoms with Gasteiger partial charge in [0.1, 0.15) is 41.0 Å². The van der Waals surface area contributed by atoms with Crippen molar-refractivity contribution in [2.75, 3.05) is 43.2 Å². The smallest absolute Gasteiger partial charge is 0.418 e. The van der Waals surface area contributed by atoms with E-state index in [4.69, 9.17) is 32.5 Å². The fourth-order valence-corrected chi connectivity index (χ4v) is 7.12. The van der Waals surface area contributed by atoms with E-state index in [1.807, 2.05) is 0 Å². The van der Waals surface area contributed by atoms with Crippen molar-refractivity contribution in [1.29, 1.82) is 0 Å². The Morgan fingerprint density at radius 1 is 1.10 bits per heavy atom. The molecule has 0 radical (unpaired) electrons. The summed E-state index contributed by atoms with van der Waals surface area (Å²) in [4.78, 5) is 24.0. The van der Waals surface area contributed by atoms with E-state index in [-0.39, 0.29) is 35.5 Å². The highest BCUT2D eigenvalue weighted by Crippen LogP contribution is 2.47. The minimum absolute atomic E-state index is 0.0791. The number of nitrogen functional groups attached to an aromatic ring is 2. The van der Waals surface area contributed by atoms with Gasteiger partial charge in [-0.1, -0.05) is 11.6 Å². The molecule has 0 aliphatic carbocycles. The Labute approximate surface area is 288 Å². The van der Waals surface area contributed by atoms with Crippen molar-refractivity contribution in [2.24, 2.45) is 0 Å². The largest absolute Gasteiger partial charge is 0.475 e. The maximum absolute atomic E-state index is 16.3. The summed E-state index contributed by atoms with van der Waals surface area (Å²) in [5, 5.41) is 0.238. The van der Waals surface area contributed by atoms with Gasteiger partial charge < -0.3 is 25.8 Å². The van der Waals surface area contributed by atoms with Crippen LogP contribution in [0.4, 0.5) is 43.8 Å². The molecule has 2 saturated heterocycles. The van der Waals surface area contributed by atoms with Crippen molar-refractivity contribution in [2.45, 2.75) is 70.5 Å². The maximum atomic E-state index is 16.3. The Hall–Kier alpha value is -4.38. The van der Waals surface area contributed by atoms with Crippen molar-refractivity contribution >= 4 is 40.0 Å². The fourth-order valence-electron chi connectivity index (χ4n) is 6.96. The highest BCUT2D eigenvalue weighted by molar-refractivity contribution is 6.30. The van der Waals surface area contributed by atoms with Crippen molar-refractivity contribution < 1.29 is 35.8 Å². The van der Waals surface area contributed by atoms with E-state index in [1.54, 1.807) is 24.8 Å². The van der Waals surface area contributed by atoms with Gasteiger partial charge in [0.15, 0.2) is 17.5 Å². The van der Waals surface area contributed by atoms with Gasteiger partial charge in [-0.3, -0.25) is 4.90 Å². The van der Waals surface area contributed by atoms with Gasteiger partial charge in [-0.05, 0) is 52.6 Å². The van der Waals surface area contributed by atoms with E-state index in [9.17, 15) is 17.6 Å². The van der Waals surface area contributed by atoms with Crippen molar-refractivity contribution in [3.8, 4) is 23.1 Å². The number of nitrogens with two attached hydrogens (primary N) is 2. The Morgan fingerprint density at radius 3 is 2.52 bits per heavy atom. The molecule has 3 aliphatic rings. The van der Waals surface area contributed by atoms with Crippen LogP contribution in [0.3, 0.4) is 0 Å². The Kier molecular flexibility index (Phi) is 9.49. The van der Waals surface area contributed by atoms with Gasteiger partial charge in [-0.25, -0.2) is 28.1 Å². The molecule has 18 heteroatoms. The predicted molar refractivity (Wildman–Crippen MR) is 175 cm³/mol. The number of nitrogens with zero attached hydrogens (tertiary/aromatic N) is 7. The summed E-state index contributed by atoms with van der Waals surface area (Å²) in [7, 11) is 1.23. The molecule has 4 aromatic heterocycles. The number of rotatable bonds is 4. The van der Waals surface area contributed by atoms with E-state index >= 15 is 8.78 Å². The van der Waals surface area contributed by atoms with Gasteiger partial charge in [0, 0.05) is 24.3 Å². The van der Waals surface area contributed by atoms with E-state index in [1.165, 1.54) is 26.1 Å². The first-order chi connectivity index (χ1) is 23.6. The van der Waals surface area contributed by atoms with E-state index in [0.29, 0.717) is 23.2 Å². The van der Waals surface area contributed by atoms with Crippen molar-refractivity contribution in [3.63, 3.8) is 0 Å². The van der Waals surface area contributed by atoms with Crippen LogP contribution in [0.5, 0.6) is 11.9 Å². The quantitative estimate of drug-likeness (QED) is 0.224. The lowest BCUT2D eigenvalue weighted by molar-refractivity contribution is -0.138. The van der Waals surface area contributed by atoms with Crippen LogP contribution in [0, 0.1) is 18.6 Å². The van der Waals surface area contributed by atoms with Crippen LogP contribution in [0.15, 0.2) is 12.3 Å². The number of hydrogen-bond acceptors (Lipinski definition) is 11. The summed E-state index contributed by atoms with van der Waals surface area (Å²) >= 11 is 6.16. The molecule has 7 heterocycles. The van der Waals surface area contributed by atoms with Crippen LogP contribution in [0.2, 0.25) is 5.02 Å². The Morgan fingerprint density at radius 2 is 1.84 bits per heavy atom. The van der Waals surface area contributed by atoms with Gasteiger partial charge >= 0.3 is 12.2 Å². The minimum atomic E-state index is -5.13. The van der Waals surface area contributed by atoms with E-state index in [2.05, 4.69) is 29.8 Å². The van der Waals surface area contributed by atoms with Crippen LogP contribution in [-0.4, -0.2) is 74.9 Å². The Bertz CT molecular complexity index is 1940. The van der Waals surface area contributed by atoms with E-state index < -0.39 is 69.9 Å². The number of halogens is 7. The van der Waals surface area contributed by atoms with Gasteiger partial charge in [-0.15, -0.1) is 0 Å². The lowest BCUT2D eigenvalue weighted by Crippen LogP contribution is -2.39.